The minimum absolute atomic E-state index is 0.0887. The lowest BCUT2D eigenvalue weighted by molar-refractivity contribution is 0.0716. The summed E-state index contributed by atoms with van der Waals surface area (Å²) < 4.78 is 28.5. The minimum atomic E-state index is -0.548. The molecule has 2 N–H and O–H groups in total. The number of hydrogen-bond acceptors (Lipinski definition) is 8. The number of pyridine rings is 4. The number of anilines is 4. The Labute approximate surface area is 267 Å². The van der Waals surface area contributed by atoms with Gasteiger partial charge in [0.2, 0.25) is 0 Å². The lowest BCUT2D eigenvalue weighted by Crippen LogP contribution is -2.35. The number of carbonyl (C=O) groups excluding carboxylic acids is 2. The molecule has 0 aliphatic carbocycles. The fraction of sp³-hybridized carbons (Fsp3) is 0.353. The molecule has 240 valence electrons. The minimum Gasteiger partial charge on any atom is -0.339 e. The summed E-state index contributed by atoms with van der Waals surface area (Å²) in [5.74, 6) is -1.22. The molecule has 2 saturated heterocycles. The van der Waals surface area contributed by atoms with Crippen LogP contribution in [0.4, 0.5) is 31.8 Å². The van der Waals surface area contributed by atoms with Gasteiger partial charge in [-0.3, -0.25) is 19.6 Å². The van der Waals surface area contributed by atoms with E-state index in [1.165, 1.54) is 24.5 Å². The third kappa shape index (κ3) is 8.58. The van der Waals surface area contributed by atoms with Crippen LogP contribution in [0.2, 0.25) is 0 Å². The van der Waals surface area contributed by atoms with Crippen LogP contribution in [0.5, 0.6) is 0 Å². The van der Waals surface area contributed by atoms with Gasteiger partial charge >= 0.3 is 0 Å². The largest absolute Gasteiger partial charge is 0.339 e. The second-order valence-electron chi connectivity index (χ2n) is 11.4. The van der Waals surface area contributed by atoms with E-state index >= 15 is 0 Å². The second-order valence-corrected chi connectivity index (χ2v) is 11.4. The number of aromatic nitrogens is 4. The first-order valence-corrected chi connectivity index (χ1v) is 15.6. The summed E-state index contributed by atoms with van der Waals surface area (Å²) in [6, 6.07) is 9.75. The van der Waals surface area contributed by atoms with Crippen molar-refractivity contribution in [3.8, 4) is 0 Å². The van der Waals surface area contributed by atoms with Crippen molar-refractivity contribution in [3.05, 3.63) is 95.3 Å². The Kier molecular flexibility index (Phi) is 10.8. The molecule has 2 fully saturated rings. The zero-order chi connectivity index (χ0) is 32.5. The Balaban J connectivity index is 0.000000181. The summed E-state index contributed by atoms with van der Waals surface area (Å²) in [4.78, 5) is 44.6. The van der Waals surface area contributed by atoms with Crippen molar-refractivity contribution in [2.24, 2.45) is 0 Å². The first-order chi connectivity index (χ1) is 22.3. The summed E-state index contributed by atoms with van der Waals surface area (Å²) in [5.41, 5.74) is 3.64. The smallest absolute Gasteiger partial charge is 0.255 e. The number of nitrogens with zero attached hydrogens (tertiary/aromatic N) is 6. The monoisotopic (exact) mass is 628 g/mol. The van der Waals surface area contributed by atoms with Gasteiger partial charge in [0, 0.05) is 50.0 Å². The molecule has 0 radical (unpaired) electrons. The molecular weight excluding hydrogens is 590 g/mol. The van der Waals surface area contributed by atoms with Gasteiger partial charge in [0.1, 0.15) is 0 Å². The maximum atomic E-state index is 14.2. The molecule has 0 spiro atoms. The first kappa shape index (κ1) is 32.4. The number of hydrogen-bond donors (Lipinski definition) is 2. The van der Waals surface area contributed by atoms with Gasteiger partial charge in [-0.25, -0.2) is 18.7 Å². The van der Waals surface area contributed by atoms with Gasteiger partial charge in [-0.1, -0.05) is 0 Å². The van der Waals surface area contributed by atoms with E-state index < -0.39 is 11.6 Å². The van der Waals surface area contributed by atoms with Crippen LogP contribution in [-0.2, 0) is 0 Å². The van der Waals surface area contributed by atoms with E-state index in [1.54, 1.807) is 34.3 Å². The van der Waals surface area contributed by atoms with Crippen LogP contribution in [0, 0.1) is 25.5 Å². The topological polar surface area (TPSA) is 116 Å². The Bertz CT molecular complexity index is 1520. The molecule has 0 unspecified atom stereocenters. The summed E-state index contributed by atoms with van der Waals surface area (Å²) >= 11 is 0. The van der Waals surface area contributed by atoms with Crippen LogP contribution in [0.25, 0.3) is 0 Å². The average Bonchev–Trinajstić information content (AvgIpc) is 3.09. The lowest BCUT2D eigenvalue weighted by Gasteiger charge is -2.26. The van der Waals surface area contributed by atoms with Gasteiger partial charge in [-0.15, -0.1) is 0 Å². The van der Waals surface area contributed by atoms with Crippen LogP contribution in [-0.4, -0.2) is 67.7 Å². The molecule has 0 bridgehead atoms. The summed E-state index contributed by atoms with van der Waals surface area (Å²) in [7, 11) is 0. The van der Waals surface area contributed by atoms with Crippen LogP contribution in [0.1, 0.15) is 70.6 Å². The number of piperidine rings is 2. The fourth-order valence-corrected chi connectivity index (χ4v) is 5.21. The zero-order valence-corrected chi connectivity index (χ0v) is 26.1. The molecule has 2 aliphatic rings. The number of likely N-dealkylation sites (tertiary alicyclic amines) is 2. The van der Waals surface area contributed by atoms with E-state index in [0.29, 0.717) is 11.4 Å². The highest BCUT2D eigenvalue weighted by Crippen LogP contribution is 2.21. The van der Waals surface area contributed by atoms with E-state index in [0.717, 1.165) is 76.1 Å². The van der Waals surface area contributed by atoms with Crippen LogP contribution in [0.15, 0.2) is 61.2 Å². The van der Waals surface area contributed by atoms with Crippen LogP contribution >= 0.6 is 0 Å². The first-order valence-electron chi connectivity index (χ1n) is 15.6. The highest BCUT2D eigenvalue weighted by atomic mass is 19.1. The highest BCUT2D eigenvalue weighted by Gasteiger charge is 2.21. The number of rotatable bonds is 6. The number of nitrogens with one attached hydrogen (secondary N) is 2. The third-order valence-electron chi connectivity index (χ3n) is 7.81. The maximum absolute atomic E-state index is 14.2. The van der Waals surface area contributed by atoms with E-state index in [2.05, 4.69) is 30.6 Å². The number of amides is 2. The molecule has 0 atom stereocenters. The average molecular weight is 629 g/mol. The summed E-state index contributed by atoms with van der Waals surface area (Å²) in [5, 5.41) is 5.74. The molecule has 0 saturated carbocycles. The molecule has 6 heterocycles. The van der Waals surface area contributed by atoms with Gasteiger partial charge in [0.05, 0.1) is 34.9 Å². The summed E-state index contributed by atoms with van der Waals surface area (Å²) in [6.45, 7) is 6.68. The predicted molar refractivity (Wildman–Crippen MR) is 172 cm³/mol. The van der Waals surface area contributed by atoms with E-state index in [-0.39, 0.29) is 34.6 Å². The fourth-order valence-electron chi connectivity index (χ4n) is 5.21. The Hall–Kier alpha value is -5.00. The Morgan fingerprint density at radius 1 is 0.587 bits per heavy atom. The van der Waals surface area contributed by atoms with Crippen LogP contribution in [0.3, 0.4) is 0 Å². The van der Waals surface area contributed by atoms with E-state index in [4.69, 9.17) is 0 Å². The van der Waals surface area contributed by atoms with E-state index in [1.807, 2.05) is 26.0 Å². The molecule has 46 heavy (non-hydrogen) atoms. The molecule has 2 aliphatic heterocycles. The Morgan fingerprint density at radius 2 is 0.978 bits per heavy atom. The van der Waals surface area contributed by atoms with Gasteiger partial charge in [-0.2, -0.15) is 0 Å². The molecule has 10 nitrogen and oxygen atoms in total. The van der Waals surface area contributed by atoms with Crippen molar-refractivity contribution in [2.45, 2.75) is 52.4 Å². The quantitative estimate of drug-likeness (QED) is 0.246. The molecule has 4 aromatic rings. The van der Waals surface area contributed by atoms with Crippen molar-refractivity contribution < 1.29 is 18.4 Å². The van der Waals surface area contributed by atoms with Crippen molar-refractivity contribution in [3.63, 3.8) is 0 Å². The number of aryl methyl sites for hydroxylation is 2. The zero-order valence-electron chi connectivity index (χ0n) is 26.1. The SMILES string of the molecule is Cc1ccc(Nc2ncc(C(=O)N3CCCCC3)cc2F)cn1.Cc1ccc(Nc2ncc(C(=O)N3CCCCC3)cc2F)cn1. The normalized spacial score (nSPS) is 14.6. The second kappa shape index (κ2) is 15.3. The van der Waals surface area contributed by atoms with Crippen LogP contribution < -0.4 is 10.6 Å². The molecule has 12 heteroatoms. The molecule has 4 aromatic heterocycles. The van der Waals surface area contributed by atoms with Crippen molar-refractivity contribution >= 4 is 34.8 Å². The van der Waals surface area contributed by atoms with Gasteiger partial charge < -0.3 is 20.4 Å². The van der Waals surface area contributed by atoms with Gasteiger partial charge in [0.15, 0.2) is 23.3 Å². The van der Waals surface area contributed by atoms with E-state index in [9.17, 15) is 18.4 Å². The third-order valence-corrected chi connectivity index (χ3v) is 7.81. The molecular formula is C34H38F2N8O2. The highest BCUT2D eigenvalue weighted by molar-refractivity contribution is 5.94. The maximum Gasteiger partial charge on any atom is 0.255 e. The van der Waals surface area contributed by atoms with Gasteiger partial charge in [0.25, 0.3) is 11.8 Å². The number of halogens is 2. The van der Waals surface area contributed by atoms with Crippen molar-refractivity contribution in [1.29, 1.82) is 0 Å². The number of carbonyl (C=O) groups is 2. The van der Waals surface area contributed by atoms with Crippen molar-refractivity contribution in [2.75, 3.05) is 36.8 Å². The lowest BCUT2D eigenvalue weighted by atomic mass is 10.1. The van der Waals surface area contributed by atoms with Crippen molar-refractivity contribution in [1.82, 2.24) is 29.7 Å². The molecule has 6 rings (SSSR count). The molecule has 0 aromatic carbocycles. The van der Waals surface area contributed by atoms with Gasteiger partial charge in [-0.05, 0) is 88.8 Å². The predicted octanol–water partition coefficient (Wildman–Crippen LogP) is 6.59. The Morgan fingerprint density at radius 3 is 1.30 bits per heavy atom. The molecule has 2 amide bonds. The standard InChI is InChI=1S/2C17H19FN4O/c2*1-12-5-6-14(11-19-12)21-16-15(18)9-13(10-20-16)17(23)22-7-3-2-4-8-22/h2*5-6,9-11H,2-4,7-8H2,1H3,(H,20,21). The summed E-state index contributed by atoms with van der Waals surface area (Å²) in [6.07, 6.45) is 12.4.